The zero-order valence-corrected chi connectivity index (χ0v) is 12.4. The number of para-hydroxylation sites is 3. The number of nitrogens with one attached hydrogen (secondary N) is 2. The van der Waals surface area contributed by atoms with Gasteiger partial charge in [-0.1, -0.05) is 42.1 Å². The quantitative estimate of drug-likeness (QED) is 0.722. The number of nitrogens with zero attached hydrogens (tertiary/aromatic N) is 1. The number of thioether (sulfide) groups is 1. The van der Waals surface area contributed by atoms with E-state index in [1.54, 1.807) is 0 Å². The SMILES string of the molecule is C[C@@H](Sc1nc2ccccc2[nH]1)C(=O)Nc1ccccc1. The van der Waals surface area contributed by atoms with Crippen LogP contribution in [0.2, 0.25) is 0 Å². The van der Waals surface area contributed by atoms with E-state index in [0.29, 0.717) is 0 Å². The third-order valence-electron chi connectivity index (χ3n) is 3.07. The van der Waals surface area contributed by atoms with Crippen LogP contribution >= 0.6 is 11.8 Å². The molecule has 3 aromatic rings. The number of carbonyl (C=O) groups excluding carboxylic acids is 1. The highest BCUT2D eigenvalue weighted by molar-refractivity contribution is 8.00. The molecule has 3 rings (SSSR count). The summed E-state index contributed by atoms with van der Waals surface area (Å²) in [6, 6.07) is 17.3. The van der Waals surface area contributed by atoms with Crippen LogP contribution in [0.25, 0.3) is 11.0 Å². The monoisotopic (exact) mass is 297 g/mol. The first-order valence-corrected chi connectivity index (χ1v) is 7.57. The van der Waals surface area contributed by atoms with E-state index in [4.69, 9.17) is 0 Å². The van der Waals surface area contributed by atoms with Gasteiger partial charge in [0.25, 0.3) is 0 Å². The molecule has 0 saturated carbocycles. The molecule has 1 aromatic heterocycles. The maximum Gasteiger partial charge on any atom is 0.237 e. The number of carbonyl (C=O) groups is 1. The molecule has 0 spiro atoms. The van der Waals surface area contributed by atoms with E-state index in [0.717, 1.165) is 21.9 Å². The Bertz CT molecular complexity index is 721. The van der Waals surface area contributed by atoms with Gasteiger partial charge in [0.05, 0.1) is 16.3 Å². The minimum Gasteiger partial charge on any atom is -0.333 e. The van der Waals surface area contributed by atoms with E-state index in [-0.39, 0.29) is 11.2 Å². The number of rotatable bonds is 4. The molecular formula is C16H15N3OS. The fraction of sp³-hybridized carbons (Fsp3) is 0.125. The summed E-state index contributed by atoms with van der Waals surface area (Å²) in [5, 5.41) is 3.42. The Morgan fingerprint density at radius 3 is 2.62 bits per heavy atom. The number of hydrogen-bond donors (Lipinski definition) is 2. The van der Waals surface area contributed by atoms with Gasteiger partial charge in [0.1, 0.15) is 0 Å². The van der Waals surface area contributed by atoms with Crippen LogP contribution in [0.15, 0.2) is 59.8 Å². The van der Waals surface area contributed by atoms with E-state index in [1.165, 1.54) is 11.8 Å². The average molecular weight is 297 g/mol. The van der Waals surface area contributed by atoms with Crippen molar-refractivity contribution in [1.82, 2.24) is 9.97 Å². The molecule has 0 aliphatic rings. The van der Waals surface area contributed by atoms with Gasteiger partial charge in [-0.15, -0.1) is 0 Å². The fourth-order valence-corrected chi connectivity index (χ4v) is 2.79. The van der Waals surface area contributed by atoms with Crippen molar-refractivity contribution in [2.75, 3.05) is 5.32 Å². The largest absolute Gasteiger partial charge is 0.333 e. The molecule has 0 bridgehead atoms. The molecule has 1 amide bonds. The van der Waals surface area contributed by atoms with Crippen LogP contribution in [0.4, 0.5) is 5.69 Å². The predicted molar refractivity (Wildman–Crippen MR) is 86.5 cm³/mol. The number of H-pyrrole nitrogens is 1. The lowest BCUT2D eigenvalue weighted by molar-refractivity contribution is -0.115. The molecule has 0 aliphatic heterocycles. The van der Waals surface area contributed by atoms with Gasteiger partial charge < -0.3 is 10.3 Å². The molecule has 0 fully saturated rings. The number of fused-ring (bicyclic) bond motifs is 1. The lowest BCUT2D eigenvalue weighted by atomic mass is 10.3. The predicted octanol–water partition coefficient (Wildman–Crippen LogP) is 3.68. The number of aromatic amines is 1. The molecule has 21 heavy (non-hydrogen) atoms. The molecule has 5 heteroatoms. The van der Waals surface area contributed by atoms with Gasteiger partial charge in [0.15, 0.2) is 5.16 Å². The van der Waals surface area contributed by atoms with Crippen molar-refractivity contribution in [3.63, 3.8) is 0 Å². The highest BCUT2D eigenvalue weighted by atomic mass is 32.2. The Kier molecular flexibility index (Phi) is 3.92. The summed E-state index contributed by atoms with van der Waals surface area (Å²) >= 11 is 1.42. The Balaban J connectivity index is 1.67. The molecular weight excluding hydrogens is 282 g/mol. The topological polar surface area (TPSA) is 57.8 Å². The normalized spacial score (nSPS) is 12.2. The lowest BCUT2D eigenvalue weighted by Gasteiger charge is -2.10. The average Bonchev–Trinajstić information content (AvgIpc) is 2.90. The zero-order chi connectivity index (χ0) is 14.7. The van der Waals surface area contributed by atoms with Gasteiger partial charge in [0, 0.05) is 5.69 Å². The smallest absolute Gasteiger partial charge is 0.237 e. The van der Waals surface area contributed by atoms with Crippen LogP contribution in [0.5, 0.6) is 0 Å². The number of imidazole rings is 1. The van der Waals surface area contributed by atoms with Crippen molar-refractivity contribution >= 4 is 34.4 Å². The van der Waals surface area contributed by atoms with E-state index < -0.39 is 0 Å². The third kappa shape index (κ3) is 3.25. The van der Waals surface area contributed by atoms with E-state index in [2.05, 4.69) is 15.3 Å². The molecule has 1 heterocycles. The molecule has 2 aromatic carbocycles. The van der Waals surface area contributed by atoms with Gasteiger partial charge in [-0.05, 0) is 31.2 Å². The first-order chi connectivity index (χ1) is 10.2. The van der Waals surface area contributed by atoms with Crippen LogP contribution in [0.1, 0.15) is 6.92 Å². The molecule has 4 nitrogen and oxygen atoms in total. The van der Waals surface area contributed by atoms with E-state index in [1.807, 2.05) is 61.5 Å². The van der Waals surface area contributed by atoms with Gasteiger partial charge in [-0.2, -0.15) is 0 Å². The van der Waals surface area contributed by atoms with Crippen LogP contribution < -0.4 is 5.32 Å². The molecule has 0 unspecified atom stereocenters. The van der Waals surface area contributed by atoms with Gasteiger partial charge in [-0.3, -0.25) is 4.79 Å². The Labute approximate surface area is 127 Å². The number of benzene rings is 2. The molecule has 0 aliphatic carbocycles. The van der Waals surface area contributed by atoms with Gasteiger partial charge in [-0.25, -0.2) is 4.98 Å². The summed E-state index contributed by atoms with van der Waals surface area (Å²) in [5.41, 5.74) is 2.70. The Morgan fingerprint density at radius 1 is 1.14 bits per heavy atom. The molecule has 106 valence electrons. The minimum absolute atomic E-state index is 0.0355. The summed E-state index contributed by atoms with van der Waals surface area (Å²) in [6.45, 7) is 1.87. The van der Waals surface area contributed by atoms with Crippen LogP contribution in [0, 0.1) is 0 Å². The zero-order valence-electron chi connectivity index (χ0n) is 11.5. The van der Waals surface area contributed by atoms with Crippen molar-refractivity contribution in [1.29, 1.82) is 0 Å². The number of hydrogen-bond acceptors (Lipinski definition) is 3. The highest BCUT2D eigenvalue weighted by Gasteiger charge is 2.16. The second-order valence-electron chi connectivity index (χ2n) is 4.67. The minimum atomic E-state index is -0.231. The highest BCUT2D eigenvalue weighted by Crippen LogP contribution is 2.24. The van der Waals surface area contributed by atoms with Crippen molar-refractivity contribution in [3.8, 4) is 0 Å². The first kappa shape index (κ1) is 13.7. The van der Waals surface area contributed by atoms with Crippen LogP contribution in [0.3, 0.4) is 0 Å². The van der Waals surface area contributed by atoms with E-state index >= 15 is 0 Å². The van der Waals surface area contributed by atoms with Gasteiger partial charge >= 0.3 is 0 Å². The Morgan fingerprint density at radius 2 is 1.86 bits per heavy atom. The summed E-state index contributed by atoms with van der Waals surface area (Å²) in [5.74, 6) is -0.0355. The summed E-state index contributed by atoms with van der Waals surface area (Å²) in [7, 11) is 0. The summed E-state index contributed by atoms with van der Waals surface area (Å²) in [4.78, 5) is 19.8. The molecule has 0 saturated heterocycles. The van der Waals surface area contributed by atoms with Crippen molar-refractivity contribution in [2.45, 2.75) is 17.3 Å². The van der Waals surface area contributed by atoms with E-state index in [9.17, 15) is 4.79 Å². The number of anilines is 1. The standard InChI is InChI=1S/C16H15N3OS/c1-11(15(20)17-12-7-3-2-4-8-12)21-16-18-13-9-5-6-10-14(13)19-16/h2-11H,1H3,(H,17,20)(H,18,19)/t11-/m1/s1. The summed E-state index contributed by atoms with van der Waals surface area (Å²) in [6.07, 6.45) is 0. The van der Waals surface area contributed by atoms with Gasteiger partial charge in [0.2, 0.25) is 5.91 Å². The van der Waals surface area contributed by atoms with Crippen molar-refractivity contribution in [3.05, 3.63) is 54.6 Å². The lowest BCUT2D eigenvalue weighted by Crippen LogP contribution is -2.22. The number of aromatic nitrogens is 2. The van der Waals surface area contributed by atoms with Crippen molar-refractivity contribution in [2.24, 2.45) is 0 Å². The fourth-order valence-electron chi connectivity index (χ4n) is 1.97. The first-order valence-electron chi connectivity index (χ1n) is 6.70. The maximum absolute atomic E-state index is 12.2. The second-order valence-corrected chi connectivity index (χ2v) is 6.00. The Hall–Kier alpha value is -2.27. The molecule has 0 radical (unpaired) electrons. The molecule has 2 N–H and O–H groups in total. The molecule has 1 atom stereocenters. The summed E-state index contributed by atoms with van der Waals surface area (Å²) < 4.78 is 0. The maximum atomic E-state index is 12.2. The number of amides is 1. The van der Waals surface area contributed by atoms with Crippen LogP contribution in [-0.2, 0) is 4.79 Å². The van der Waals surface area contributed by atoms with Crippen LogP contribution in [-0.4, -0.2) is 21.1 Å². The van der Waals surface area contributed by atoms with Crippen molar-refractivity contribution < 1.29 is 4.79 Å². The second kappa shape index (κ2) is 6.01. The third-order valence-corrected chi connectivity index (χ3v) is 4.05.